The SMILES string of the molecule is C[C@@H](Oc1ccc(C#N)cc1)C(=O)Nc1nc(C2CC2)cs1. The fraction of sp³-hybridized carbons (Fsp3) is 0.312. The number of nitrogens with zero attached hydrogens (tertiary/aromatic N) is 2. The molecule has 22 heavy (non-hydrogen) atoms. The Morgan fingerprint density at radius 1 is 1.45 bits per heavy atom. The molecule has 1 saturated carbocycles. The number of nitrogens with one attached hydrogen (secondary N) is 1. The zero-order chi connectivity index (χ0) is 15.5. The van der Waals surface area contributed by atoms with Crippen molar-refractivity contribution >= 4 is 22.4 Å². The van der Waals surface area contributed by atoms with Crippen molar-refractivity contribution < 1.29 is 9.53 Å². The van der Waals surface area contributed by atoms with Gasteiger partial charge in [-0.15, -0.1) is 11.3 Å². The van der Waals surface area contributed by atoms with Gasteiger partial charge < -0.3 is 4.74 Å². The van der Waals surface area contributed by atoms with Crippen LogP contribution in [0.15, 0.2) is 29.6 Å². The van der Waals surface area contributed by atoms with E-state index in [4.69, 9.17) is 10.00 Å². The van der Waals surface area contributed by atoms with Crippen LogP contribution >= 0.6 is 11.3 Å². The highest BCUT2D eigenvalue weighted by Crippen LogP contribution is 2.40. The number of carbonyl (C=O) groups excluding carboxylic acids is 1. The number of nitriles is 1. The zero-order valence-electron chi connectivity index (χ0n) is 12.1. The first kappa shape index (κ1) is 14.5. The molecule has 6 heteroatoms. The maximum absolute atomic E-state index is 12.1. The number of aromatic nitrogens is 1. The molecule has 1 heterocycles. The molecule has 2 aromatic rings. The van der Waals surface area contributed by atoms with Crippen LogP contribution in [0.5, 0.6) is 5.75 Å². The standard InChI is InChI=1S/C16H15N3O2S/c1-10(21-13-6-2-11(8-17)3-7-13)15(20)19-16-18-14(9-22-16)12-4-5-12/h2-3,6-7,9-10,12H,4-5H2,1H3,(H,18,19,20)/t10-/m1/s1. The topological polar surface area (TPSA) is 75.0 Å². The average molecular weight is 313 g/mol. The lowest BCUT2D eigenvalue weighted by Gasteiger charge is -2.13. The fourth-order valence-electron chi connectivity index (χ4n) is 1.98. The second-order valence-corrected chi connectivity index (χ2v) is 6.10. The molecule has 1 atom stereocenters. The Bertz CT molecular complexity index is 714. The van der Waals surface area contributed by atoms with E-state index in [0.29, 0.717) is 22.4 Å². The number of rotatable bonds is 5. The van der Waals surface area contributed by atoms with E-state index in [-0.39, 0.29) is 5.91 Å². The number of ether oxygens (including phenoxy) is 1. The van der Waals surface area contributed by atoms with E-state index in [0.717, 1.165) is 5.69 Å². The van der Waals surface area contributed by atoms with Gasteiger partial charge in [0.05, 0.1) is 17.3 Å². The van der Waals surface area contributed by atoms with Crippen molar-refractivity contribution in [1.29, 1.82) is 5.26 Å². The van der Waals surface area contributed by atoms with Gasteiger partial charge in [-0.3, -0.25) is 10.1 Å². The van der Waals surface area contributed by atoms with Crippen LogP contribution in [0, 0.1) is 11.3 Å². The van der Waals surface area contributed by atoms with Gasteiger partial charge in [-0.05, 0) is 44.0 Å². The number of hydrogen-bond acceptors (Lipinski definition) is 5. The van der Waals surface area contributed by atoms with Gasteiger partial charge in [-0.2, -0.15) is 5.26 Å². The molecule has 112 valence electrons. The molecule has 3 rings (SSSR count). The van der Waals surface area contributed by atoms with Gasteiger partial charge in [0.25, 0.3) is 5.91 Å². The van der Waals surface area contributed by atoms with Crippen LogP contribution in [-0.2, 0) is 4.79 Å². The van der Waals surface area contributed by atoms with Gasteiger partial charge >= 0.3 is 0 Å². The average Bonchev–Trinajstić information content (AvgIpc) is 3.28. The Balaban J connectivity index is 1.57. The molecule has 0 aliphatic heterocycles. The fourth-order valence-corrected chi connectivity index (χ4v) is 2.78. The molecule has 0 spiro atoms. The molecular weight excluding hydrogens is 298 g/mol. The summed E-state index contributed by atoms with van der Waals surface area (Å²) >= 11 is 1.44. The van der Waals surface area contributed by atoms with E-state index in [2.05, 4.69) is 10.3 Å². The van der Waals surface area contributed by atoms with Crippen LogP contribution in [-0.4, -0.2) is 17.0 Å². The summed E-state index contributed by atoms with van der Waals surface area (Å²) in [6, 6.07) is 8.70. The van der Waals surface area contributed by atoms with E-state index in [1.165, 1.54) is 24.2 Å². The second kappa shape index (κ2) is 6.16. The largest absolute Gasteiger partial charge is 0.481 e. The van der Waals surface area contributed by atoms with E-state index >= 15 is 0 Å². The number of benzene rings is 1. The predicted molar refractivity (Wildman–Crippen MR) is 84.0 cm³/mol. The summed E-state index contributed by atoms with van der Waals surface area (Å²) in [6.07, 6.45) is 1.74. The molecule has 1 fully saturated rings. The second-order valence-electron chi connectivity index (χ2n) is 5.24. The van der Waals surface area contributed by atoms with Crippen molar-refractivity contribution in [2.24, 2.45) is 0 Å². The molecule has 0 radical (unpaired) electrons. The van der Waals surface area contributed by atoms with Crippen molar-refractivity contribution in [3.63, 3.8) is 0 Å². The highest BCUT2D eigenvalue weighted by molar-refractivity contribution is 7.13. The first-order valence-electron chi connectivity index (χ1n) is 7.09. The maximum atomic E-state index is 12.1. The van der Waals surface area contributed by atoms with Crippen molar-refractivity contribution in [2.45, 2.75) is 31.8 Å². The molecule has 0 saturated heterocycles. The third kappa shape index (κ3) is 3.43. The summed E-state index contributed by atoms with van der Waals surface area (Å²) in [5.74, 6) is 0.898. The molecular formula is C16H15N3O2S. The highest BCUT2D eigenvalue weighted by Gasteiger charge is 2.26. The number of thiazole rings is 1. The lowest BCUT2D eigenvalue weighted by atomic mass is 10.2. The summed E-state index contributed by atoms with van der Waals surface area (Å²) in [7, 11) is 0. The number of carbonyl (C=O) groups is 1. The Kier molecular flexibility index (Phi) is 4.07. The van der Waals surface area contributed by atoms with Crippen LogP contribution in [0.25, 0.3) is 0 Å². The summed E-state index contributed by atoms with van der Waals surface area (Å²) < 4.78 is 5.57. The first-order chi connectivity index (χ1) is 10.7. The smallest absolute Gasteiger partial charge is 0.266 e. The summed E-state index contributed by atoms with van der Waals surface area (Å²) in [5.41, 5.74) is 1.63. The number of anilines is 1. The Morgan fingerprint density at radius 3 is 2.82 bits per heavy atom. The first-order valence-corrected chi connectivity index (χ1v) is 7.97. The van der Waals surface area contributed by atoms with Crippen molar-refractivity contribution in [3.8, 4) is 11.8 Å². The van der Waals surface area contributed by atoms with Crippen molar-refractivity contribution in [1.82, 2.24) is 4.98 Å². The van der Waals surface area contributed by atoms with Crippen LogP contribution in [0.1, 0.15) is 36.9 Å². The van der Waals surface area contributed by atoms with E-state index < -0.39 is 6.10 Å². The molecule has 1 aromatic carbocycles. The Hall–Kier alpha value is -2.39. The summed E-state index contributed by atoms with van der Waals surface area (Å²) in [4.78, 5) is 16.5. The van der Waals surface area contributed by atoms with E-state index in [9.17, 15) is 4.79 Å². The Morgan fingerprint density at radius 2 is 2.18 bits per heavy atom. The van der Waals surface area contributed by atoms with Gasteiger partial charge in [0.1, 0.15) is 5.75 Å². The predicted octanol–water partition coefficient (Wildman–Crippen LogP) is 3.30. The van der Waals surface area contributed by atoms with Crippen molar-refractivity contribution in [2.75, 3.05) is 5.32 Å². The Labute approximate surface area is 132 Å². The van der Waals surface area contributed by atoms with Crippen molar-refractivity contribution in [3.05, 3.63) is 40.9 Å². The third-order valence-electron chi connectivity index (χ3n) is 3.41. The molecule has 5 nitrogen and oxygen atoms in total. The van der Waals surface area contributed by atoms with E-state index in [1.807, 2.05) is 11.4 Å². The molecule has 1 amide bonds. The van der Waals surface area contributed by atoms with Crippen LogP contribution in [0.4, 0.5) is 5.13 Å². The number of hydrogen-bond donors (Lipinski definition) is 1. The quantitative estimate of drug-likeness (QED) is 0.919. The summed E-state index contributed by atoms with van der Waals surface area (Å²) in [5, 5.41) is 14.1. The molecule has 1 aliphatic carbocycles. The van der Waals surface area contributed by atoms with Gasteiger partial charge in [0.2, 0.25) is 0 Å². The van der Waals surface area contributed by atoms with E-state index in [1.54, 1.807) is 31.2 Å². The lowest BCUT2D eigenvalue weighted by Crippen LogP contribution is -2.30. The third-order valence-corrected chi connectivity index (χ3v) is 4.19. The van der Waals surface area contributed by atoms with Gasteiger partial charge in [0.15, 0.2) is 11.2 Å². The van der Waals surface area contributed by atoms with Gasteiger partial charge in [0, 0.05) is 11.3 Å². The van der Waals surface area contributed by atoms with Crippen LogP contribution < -0.4 is 10.1 Å². The monoisotopic (exact) mass is 313 g/mol. The minimum Gasteiger partial charge on any atom is -0.481 e. The van der Waals surface area contributed by atoms with Crippen LogP contribution in [0.3, 0.4) is 0 Å². The number of amides is 1. The minimum atomic E-state index is -0.638. The molecule has 1 aromatic heterocycles. The highest BCUT2D eigenvalue weighted by atomic mass is 32.1. The van der Waals surface area contributed by atoms with Gasteiger partial charge in [-0.1, -0.05) is 0 Å². The molecule has 0 unspecified atom stereocenters. The minimum absolute atomic E-state index is 0.235. The summed E-state index contributed by atoms with van der Waals surface area (Å²) in [6.45, 7) is 1.68. The zero-order valence-corrected chi connectivity index (χ0v) is 12.9. The lowest BCUT2D eigenvalue weighted by molar-refractivity contribution is -0.122. The molecule has 1 N–H and O–H groups in total. The van der Waals surface area contributed by atoms with Crippen LogP contribution in [0.2, 0.25) is 0 Å². The van der Waals surface area contributed by atoms with Gasteiger partial charge in [-0.25, -0.2) is 4.98 Å². The normalized spacial score (nSPS) is 14.9. The maximum Gasteiger partial charge on any atom is 0.266 e. The molecule has 0 bridgehead atoms. The molecule has 1 aliphatic rings.